The van der Waals surface area contributed by atoms with Gasteiger partial charge in [0.25, 0.3) is 5.91 Å². The quantitative estimate of drug-likeness (QED) is 0.397. The van der Waals surface area contributed by atoms with Crippen molar-refractivity contribution < 1.29 is 18.3 Å². The van der Waals surface area contributed by atoms with Crippen molar-refractivity contribution in [3.63, 3.8) is 0 Å². The molecule has 3 aromatic rings. The van der Waals surface area contributed by atoms with Gasteiger partial charge in [-0.15, -0.1) is 0 Å². The minimum atomic E-state index is -0.697. The number of rotatable bonds is 4. The number of ether oxygens (including phenoxy) is 1. The lowest BCUT2D eigenvalue weighted by atomic mass is 10.1. The van der Waals surface area contributed by atoms with Crippen LogP contribution in [0.5, 0.6) is 0 Å². The van der Waals surface area contributed by atoms with Gasteiger partial charge >= 0.3 is 0 Å². The van der Waals surface area contributed by atoms with E-state index in [2.05, 4.69) is 25.8 Å². The molecule has 0 aliphatic carbocycles. The lowest BCUT2D eigenvalue weighted by molar-refractivity contribution is 0.0824. The molecule has 0 atom stereocenters. The number of benzene rings is 2. The van der Waals surface area contributed by atoms with E-state index >= 15 is 0 Å². The SMILES string of the molecule is O=C(/N=C(\Nc1cc(-c2ccc(F)cc2)n[nH]1)NC1CCOCC1)c1ccc(Cl)c(F)c1. The summed E-state index contributed by atoms with van der Waals surface area (Å²) in [4.78, 5) is 16.8. The van der Waals surface area contributed by atoms with Crippen LogP contribution in [0.15, 0.2) is 53.5 Å². The summed E-state index contributed by atoms with van der Waals surface area (Å²) < 4.78 is 32.3. The van der Waals surface area contributed by atoms with Crippen molar-refractivity contribution in [2.24, 2.45) is 4.99 Å². The Morgan fingerprint density at radius 3 is 2.59 bits per heavy atom. The van der Waals surface area contributed by atoms with E-state index in [-0.39, 0.29) is 28.4 Å². The first-order valence-electron chi connectivity index (χ1n) is 9.98. The Morgan fingerprint density at radius 1 is 1.12 bits per heavy atom. The highest BCUT2D eigenvalue weighted by Crippen LogP contribution is 2.20. The second kappa shape index (κ2) is 9.88. The van der Waals surface area contributed by atoms with E-state index in [0.717, 1.165) is 24.5 Å². The summed E-state index contributed by atoms with van der Waals surface area (Å²) in [7, 11) is 0. The molecule has 0 radical (unpaired) electrons. The number of H-pyrrole nitrogens is 1. The Morgan fingerprint density at radius 2 is 1.88 bits per heavy atom. The van der Waals surface area contributed by atoms with Crippen LogP contribution in [0.4, 0.5) is 14.6 Å². The largest absolute Gasteiger partial charge is 0.381 e. The van der Waals surface area contributed by atoms with Gasteiger partial charge in [0.05, 0.1) is 10.7 Å². The van der Waals surface area contributed by atoms with E-state index in [1.54, 1.807) is 18.2 Å². The highest BCUT2D eigenvalue weighted by Gasteiger charge is 2.18. The number of nitrogens with one attached hydrogen (secondary N) is 3. The molecule has 32 heavy (non-hydrogen) atoms. The number of amides is 1. The van der Waals surface area contributed by atoms with Gasteiger partial charge in [0.1, 0.15) is 17.5 Å². The number of hydrogen-bond acceptors (Lipinski definition) is 3. The maximum Gasteiger partial charge on any atom is 0.280 e. The van der Waals surface area contributed by atoms with Gasteiger partial charge in [-0.1, -0.05) is 11.6 Å². The molecular formula is C22H20ClF2N5O2. The zero-order valence-corrected chi connectivity index (χ0v) is 17.6. The van der Waals surface area contributed by atoms with E-state index in [1.807, 2.05) is 0 Å². The Hall–Kier alpha value is -3.30. The molecule has 4 rings (SSSR count). The second-order valence-electron chi connectivity index (χ2n) is 7.22. The molecule has 2 heterocycles. The van der Waals surface area contributed by atoms with Crippen molar-refractivity contribution in [1.82, 2.24) is 15.5 Å². The molecule has 1 aromatic heterocycles. The van der Waals surface area contributed by atoms with E-state index in [9.17, 15) is 13.6 Å². The zero-order valence-electron chi connectivity index (χ0n) is 16.9. The Bertz CT molecular complexity index is 1130. The number of guanidine groups is 1. The van der Waals surface area contributed by atoms with Gasteiger partial charge in [-0.05, 0) is 55.3 Å². The molecule has 0 spiro atoms. The summed E-state index contributed by atoms with van der Waals surface area (Å²) in [5.74, 6) is -1.02. The third-order valence-corrected chi connectivity index (χ3v) is 5.22. The van der Waals surface area contributed by atoms with Crippen LogP contribution < -0.4 is 10.6 Å². The first-order chi connectivity index (χ1) is 15.5. The van der Waals surface area contributed by atoms with Gasteiger partial charge in [-0.25, -0.2) is 8.78 Å². The number of anilines is 1. The molecular weight excluding hydrogens is 440 g/mol. The molecule has 10 heteroatoms. The Labute approximate surface area is 187 Å². The minimum Gasteiger partial charge on any atom is -0.381 e. The van der Waals surface area contributed by atoms with Crippen LogP contribution in [0.1, 0.15) is 23.2 Å². The summed E-state index contributed by atoms with van der Waals surface area (Å²) >= 11 is 5.70. The highest BCUT2D eigenvalue weighted by molar-refractivity contribution is 6.30. The normalized spacial score (nSPS) is 14.9. The highest BCUT2D eigenvalue weighted by atomic mass is 35.5. The average Bonchev–Trinajstić information content (AvgIpc) is 3.25. The molecule has 3 N–H and O–H groups in total. The van der Waals surface area contributed by atoms with Crippen LogP contribution in [0.2, 0.25) is 5.02 Å². The lowest BCUT2D eigenvalue weighted by Crippen LogP contribution is -2.42. The maximum atomic E-state index is 13.8. The standard InChI is InChI=1S/C22H20ClF2N5O2/c23-17-6-3-14(11-18(17)25)21(31)28-22(26-16-7-9-32-10-8-16)27-20-12-19(29-30-20)13-1-4-15(24)5-2-13/h1-6,11-12,16H,7-10H2,(H3,26,27,28,29,30,31). The molecule has 0 bridgehead atoms. The van der Waals surface area contributed by atoms with Crippen molar-refractivity contribution in [2.45, 2.75) is 18.9 Å². The topological polar surface area (TPSA) is 91.4 Å². The molecule has 1 aliphatic rings. The summed E-state index contributed by atoms with van der Waals surface area (Å²) in [5, 5.41) is 13.2. The number of aromatic nitrogens is 2. The van der Waals surface area contributed by atoms with Crippen LogP contribution in [-0.4, -0.2) is 41.3 Å². The summed E-state index contributed by atoms with van der Waals surface area (Å²) in [6, 6.07) is 11.4. The van der Waals surface area contributed by atoms with Gasteiger partial charge in [0, 0.05) is 36.4 Å². The fourth-order valence-electron chi connectivity index (χ4n) is 3.21. The van der Waals surface area contributed by atoms with E-state index in [4.69, 9.17) is 16.3 Å². The van der Waals surface area contributed by atoms with Gasteiger partial charge in [-0.2, -0.15) is 10.1 Å². The number of aromatic amines is 1. The van der Waals surface area contributed by atoms with E-state index in [1.165, 1.54) is 24.3 Å². The first kappa shape index (κ1) is 21.9. The van der Waals surface area contributed by atoms with Crippen molar-refractivity contribution in [1.29, 1.82) is 0 Å². The Balaban J connectivity index is 1.56. The first-order valence-corrected chi connectivity index (χ1v) is 10.4. The van der Waals surface area contributed by atoms with Crippen LogP contribution in [0.3, 0.4) is 0 Å². The second-order valence-corrected chi connectivity index (χ2v) is 7.63. The third kappa shape index (κ3) is 5.49. The summed E-state index contributed by atoms with van der Waals surface area (Å²) in [5.41, 5.74) is 1.37. The number of carbonyl (C=O) groups is 1. The molecule has 1 saturated heterocycles. The third-order valence-electron chi connectivity index (χ3n) is 4.91. The molecule has 1 fully saturated rings. The van der Waals surface area contributed by atoms with Gasteiger partial charge in [0.15, 0.2) is 0 Å². The molecule has 166 valence electrons. The monoisotopic (exact) mass is 459 g/mol. The lowest BCUT2D eigenvalue weighted by Gasteiger charge is -2.24. The van der Waals surface area contributed by atoms with Crippen LogP contribution >= 0.6 is 11.6 Å². The molecule has 0 unspecified atom stereocenters. The predicted molar refractivity (Wildman–Crippen MR) is 118 cm³/mol. The van der Waals surface area contributed by atoms with Gasteiger partial charge in [-0.3, -0.25) is 9.89 Å². The van der Waals surface area contributed by atoms with E-state index in [0.29, 0.717) is 24.7 Å². The van der Waals surface area contributed by atoms with Gasteiger partial charge in [0.2, 0.25) is 5.96 Å². The zero-order chi connectivity index (χ0) is 22.5. The smallest absolute Gasteiger partial charge is 0.280 e. The van der Waals surface area contributed by atoms with Crippen molar-refractivity contribution in [3.05, 3.63) is 70.8 Å². The number of halogens is 3. The van der Waals surface area contributed by atoms with Crippen molar-refractivity contribution in [2.75, 3.05) is 18.5 Å². The summed E-state index contributed by atoms with van der Waals surface area (Å²) in [6.07, 6.45) is 1.49. The van der Waals surface area contributed by atoms with Crippen molar-refractivity contribution in [3.8, 4) is 11.3 Å². The predicted octanol–water partition coefficient (Wildman–Crippen LogP) is 4.39. The van der Waals surface area contributed by atoms with E-state index < -0.39 is 11.7 Å². The minimum absolute atomic E-state index is 0.0456. The number of carbonyl (C=O) groups excluding carboxylic acids is 1. The molecule has 1 amide bonds. The van der Waals surface area contributed by atoms with Gasteiger partial charge < -0.3 is 15.4 Å². The van der Waals surface area contributed by atoms with Crippen LogP contribution in [0, 0.1) is 11.6 Å². The molecule has 7 nitrogen and oxygen atoms in total. The fraction of sp³-hybridized carbons (Fsp3) is 0.227. The van der Waals surface area contributed by atoms with Crippen molar-refractivity contribution >= 4 is 29.3 Å². The Kier molecular flexibility index (Phi) is 6.77. The molecule has 2 aromatic carbocycles. The maximum absolute atomic E-state index is 13.8. The molecule has 1 aliphatic heterocycles. The van der Waals surface area contributed by atoms with Crippen LogP contribution in [-0.2, 0) is 4.74 Å². The summed E-state index contributed by atoms with van der Waals surface area (Å²) in [6.45, 7) is 1.19. The average molecular weight is 460 g/mol. The molecule has 0 saturated carbocycles. The number of hydrogen-bond donors (Lipinski definition) is 3. The fourth-order valence-corrected chi connectivity index (χ4v) is 3.33. The number of aliphatic imine (C=N–C) groups is 1. The van der Waals surface area contributed by atoms with Crippen LogP contribution in [0.25, 0.3) is 11.3 Å². The number of nitrogens with zero attached hydrogens (tertiary/aromatic N) is 2.